The van der Waals surface area contributed by atoms with Crippen LogP contribution in [0.25, 0.3) is 0 Å². The average Bonchev–Trinajstić information content (AvgIpc) is 2.68. The van der Waals surface area contributed by atoms with Crippen molar-refractivity contribution in [3.05, 3.63) is 0 Å². The molecule has 0 saturated carbocycles. The van der Waals surface area contributed by atoms with Crippen LogP contribution in [0.1, 0.15) is 59.8 Å². The van der Waals surface area contributed by atoms with Crippen molar-refractivity contribution in [2.45, 2.75) is 65.8 Å². The summed E-state index contributed by atoms with van der Waals surface area (Å²) < 4.78 is 0. The zero-order valence-corrected chi connectivity index (χ0v) is 18.9. The molecule has 5 nitrogen and oxygen atoms in total. The van der Waals surface area contributed by atoms with Crippen LogP contribution in [0.4, 0.5) is 4.79 Å². The van der Waals surface area contributed by atoms with Gasteiger partial charge in [-0.15, -0.1) is 0 Å². The highest BCUT2D eigenvalue weighted by atomic mass is 16.2. The summed E-state index contributed by atoms with van der Waals surface area (Å²) in [4.78, 5) is 22.4. The second-order valence-corrected chi connectivity index (χ2v) is 10.2. The third-order valence-corrected chi connectivity index (χ3v) is 7.23. The number of piperidine rings is 2. The minimum atomic E-state index is 0.299. The molecule has 3 aliphatic rings. The maximum absolute atomic E-state index is 12.9. The van der Waals surface area contributed by atoms with Crippen LogP contribution in [0.15, 0.2) is 0 Å². The Kier molecular flexibility index (Phi) is 8.04. The molecule has 3 fully saturated rings. The SMILES string of the molecule is CC(C)CC1CCN(C(=O)N2CCN(CC3CCN(C(C)C)CC3)CC2)CC1. The number of likely N-dealkylation sites (tertiary alicyclic amines) is 2. The van der Waals surface area contributed by atoms with Crippen molar-refractivity contribution in [1.82, 2.24) is 19.6 Å². The van der Waals surface area contributed by atoms with Crippen molar-refractivity contribution in [1.29, 1.82) is 0 Å². The van der Waals surface area contributed by atoms with Gasteiger partial charge in [0.05, 0.1) is 0 Å². The van der Waals surface area contributed by atoms with Gasteiger partial charge in [0.2, 0.25) is 0 Å². The first-order valence-corrected chi connectivity index (χ1v) is 11.9. The predicted octanol–water partition coefficient (Wildman–Crippen LogP) is 3.60. The average molecular weight is 393 g/mol. The molecule has 0 aromatic heterocycles. The van der Waals surface area contributed by atoms with E-state index in [-0.39, 0.29) is 0 Å². The van der Waals surface area contributed by atoms with E-state index in [1.165, 1.54) is 51.7 Å². The molecule has 3 aliphatic heterocycles. The van der Waals surface area contributed by atoms with Gasteiger partial charge in [0.15, 0.2) is 0 Å². The maximum atomic E-state index is 12.9. The minimum absolute atomic E-state index is 0.299. The van der Waals surface area contributed by atoms with Crippen molar-refractivity contribution in [2.24, 2.45) is 17.8 Å². The second kappa shape index (κ2) is 10.3. The molecule has 3 heterocycles. The number of hydrogen-bond acceptors (Lipinski definition) is 3. The number of nitrogens with zero attached hydrogens (tertiary/aromatic N) is 4. The van der Waals surface area contributed by atoms with Gasteiger partial charge in [0.25, 0.3) is 0 Å². The molecule has 3 saturated heterocycles. The van der Waals surface area contributed by atoms with Crippen molar-refractivity contribution < 1.29 is 4.79 Å². The first kappa shape index (κ1) is 21.9. The Morgan fingerprint density at radius 3 is 1.82 bits per heavy atom. The molecule has 162 valence electrons. The lowest BCUT2D eigenvalue weighted by atomic mass is 9.89. The van der Waals surface area contributed by atoms with Gasteiger partial charge in [0, 0.05) is 51.9 Å². The van der Waals surface area contributed by atoms with Gasteiger partial charge in [-0.1, -0.05) is 13.8 Å². The summed E-state index contributed by atoms with van der Waals surface area (Å²) in [6, 6.07) is 0.985. The Morgan fingerprint density at radius 2 is 1.29 bits per heavy atom. The molecule has 0 unspecified atom stereocenters. The van der Waals surface area contributed by atoms with Crippen LogP contribution in [-0.4, -0.2) is 90.6 Å². The number of carbonyl (C=O) groups is 1. The van der Waals surface area contributed by atoms with E-state index in [1.54, 1.807) is 0 Å². The minimum Gasteiger partial charge on any atom is -0.325 e. The van der Waals surface area contributed by atoms with Crippen LogP contribution in [0.3, 0.4) is 0 Å². The summed E-state index contributed by atoms with van der Waals surface area (Å²) in [5.74, 6) is 2.44. The van der Waals surface area contributed by atoms with Crippen molar-refractivity contribution in [3.63, 3.8) is 0 Å². The zero-order chi connectivity index (χ0) is 20.1. The van der Waals surface area contributed by atoms with Crippen molar-refractivity contribution in [2.75, 3.05) is 58.9 Å². The first-order valence-electron chi connectivity index (χ1n) is 11.9. The summed E-state index contributed by atoms with van der Waals surface area (Å²) in [6.45, 7) is 18.8. The number of piperazine rings is 1. The normalized spacial score (nSPS) is 24.5. The summed E-state index contributed by atoms with van der Waals surface area (Å²) >= 11 is 0. The molecule has 0 radical (unpaired) electrons. The van der Waals surface area contributed by atoms with E-state index in [0.717, 1.165) is 57.0 Å². The summed E-state index contributed by atoms with van der Waals surface area (Å²) in [7, 11) is 0. The van der Waals surface area contributed by atoms with Gasteiger partial charge < -0.3 is 14.7 Å². The predicted molar refractivity (Wildman–Crippen MR) is 117 cm³/mol. The molecule has 0 N–H and O–H groups in total. The standard InChI is InChI=1S/C23H44N4O/c1-19(2)17-21-5-11-26(12-6-21)23(28)27-15-13-24(14-16-27)18-22-7-9-25(10-8-22)20(3)4/h19-22H,5-18H2,1-4H3. The van der Waals surface area contributed by atoms with Gasteiger partial charge in [-0.05, 0) is 76.8 Å². The molecule has 28 heavy (non-hydrogen) atoms. The Morgan fingerprint density at radius 1 is 0.750 bits per heavy atom. The molecule has 5 heteroatoms. The Balaban J connectivity index is 1.34. The van der Waals surface area contributed by atoms with E-state index in [2.05, 4.69) is 47.3 Å². The Bertz CT molecular complexity index is 471. The van der Waals surface area contributed by atoms with Gasteiger partial charge in [0.1, 0.15) is 0 Å². The highest BCUT2D eigenvalue weighted by molar-refractivity contribution is 5.74. The topological polar surface area (TPSA) is 30.0 Å². The van der Waals surface area contributed by atoms with E-state index in [1.807, 2.05) is 0 Å². The van der Waals surface area contributed by atoms with E-state index < -0.39 is 0 Å². The van der Waals surface area contributed by atoms with Gasteiger partial charge in [-0.2, -0.15) is 0 Å². The summed E-state index contributed by atoms with van der Waals surface area (Å²) in [5.41, 5.74) is 0. The fraction of sp³-hybridized carbons (Fsp3) is 0.957. The second-order valence-electron chi connectivity index (χ2n) is 10.2. The highest BCUT2D eigenvalue weighted by Gasteiger charge is 2.30. The van der Waals surface area contributed by atoms with E-state index in [4.69, 9.17) is 0 Å². The molecule has 0 aromatic carbocycles. The lowest BCUT2D eigenvalue weighted by Gasteiger charge is -2.41. The quantitative estimate of drug-likeness (QED) is 0.716. The molecule has 0 spiro atoms. The Labute approximate surface area is 173 Å². The summed E-state index contributed by atoms with van der Waals surface area (Å²) in [5, 5.41) is 0. The fourth-order valence-corrected chi connectivity index (χ4v) is 5.37. The number of rotatable bonds is 5. The lowest BCUT2D eigenvalue weighted by molar-refractivity contribution is 0.0797. The van der Waals surface area contributed by atoms with E-state index >= 15 is 0 Å². The smallest absolute Gasteiger partial charge is 0.320 e. The molecule has 0 aromatic rings. The van der Waals surface area contributed by atoms with Crippen LogP contribution in [0.2, 0.25) is 0 Å². The fourth-order valence-electron chi connectivity index (χ4n) is 5.37. The highest BCUT2D eigenvalue weighted by Crippen LogP contribution is 2.25. The largest absolute Gasteiger partial charge is 0.325 e. The number of amides is 2. The first-order chi connectivity index (χ1) is 13.4. The molecular formula is C23H44N4O. The van der Waals surface area contributed by atoms with Crippen LogP contribution in [0.5, 0.6) is 0 Å². The molecular weight excluding hydrogens is 348 g/mol. The van der Waals surface area contributed by atoms with E-state index in [0.29, 0.717) is 12.1 Å². The number of urea groups is 1. The van der Waals surface area contributed by atoms with Crippen molar-refractivity contribution in [3.8, 4) is 0 Å². The third-order valence-electron chi connectivity index (χ3n) is 7.23. The van der Waals surface area contributed by atoms with Crippen molar-refractivity contribution >= 4 is 6.03 Å². The zero-order valence-electron chi connectivity index (χ0n) is 18.9. The van der Waals surface area contributed by atoms with Crippen LogP contribution in [0, 0.1) is 17.8 Å². The molecule has 0 bridgehead atoms. The van der Waals surface area contributed by atoms with E-state index in [9.17, 15) is 4.79 Å². The Hall–Kier alpha value is -0.810. The van der Waals surface area contributed by atoms with Gasteiger partial charge in [-0.25, -0.2) is 4.79 Å². The van der Waals surface area contributed by atoms with Gasteiger partial charge in [-0.3, -0.25) is 4.90 Å². The molecule has 0 atom stereocenters. The van der Waals surface area contributed by atoms with Gasteiger partial charge >= 0.3 is 6.03 Å². The van der Waals surface area contributed by atoms with Crippen LogP contribution in [-0.2, 0) is 0 Å². The van der Waals surface area contributed by atoms with Crippen LogP contribution >= 0.6 is 0 Å². The monoisotopic (exact) mass is 392 g/mol. The van der Waals surface area contributed by atoms with Crippen LogP contribution < -0.4 is 0 Å². The third kappa shape index (κ3) is 6.09. The number of hydrogen-bond donors (Lipinski definition) is 0. The molecule has 2 amide bonds. The molecule has 3 rings (SSSR count). The lowest BCUT2D eigenvalue weighted by Crippen LogP contribution is -2.55. The number of carbonyl (C=O) groups excluding carboxylic acids is 1. The maximum Gasteiger partial charge on any atom is 0.320 e. The summed E-state index contributed by atoms with van der Waals surface area (Å²) in [6.07, 6.45) is 6.38. The molecule has 0 aliphatic carbocycles.